The van der Waals surface area contributed by atoms with Crippen LogP contribution in [0.15, 0.2) is 109 Å². The Labute approximate surface area is 207 Å². The summed E-state index contributed by atoms with van der Waals surface area (Å²) in [6, 6.07) is 28.6. The molecule has 5 aromatic rings. The largest absolute Gasteiger partial charge is 0.397 e. The van der Waals surface area contributed by atoms with Gasteiger partial charge in [-0.05, 0) is 54.1 Å². The first-order chi connectivity index (χ1) is 17.2. The standard InChI is InChI=1S/C27H22N6OS/c28-23-8-4-5-9-24(23)30-26(34)21-12-10-19(11-13-21)18-35-27-32-31-25(20-14-16-29-17-15-20)33(27)22-6-2-1-3-7-22/h1-17H,18,28H2,(H,30,34). The number of nitrogens with two attached hydrogens (primary N) is 1. The van der Waals surface area contributed by atoms with Crippen LogP contribution in [0.25, 0.3) is 17.1 Å². The maximum absolute atomic E-state index is 12.6. The van der Waals surface area contributed by atoms with Gasteiger partial charge in [0.2, 0.25) is 0 Å². The zero-order chi connectivity index (χ0) is 24.0. The number of nitrogen functional groups attached to an aromatic ring is 1. The molecule has 3 aromatic carbocycles. The molecule has 0 aliphatic rings. The number of anilines is 2. The fourth-order valence-corrected chi connectivity index (χ4v) is 4.47. The van der Waals surface area contributed by atoms with Gasteiger partial charge in [-0.1, -0.05) is 54.2 Å². The number of thioether (sulfide) groups is 1. The highest BCUT2D eigenvalue weighted by molar-refractivity contribution is 7.98. The number of hydrogen-bond acceptors (Lipinski definition) is 6. The molecule has 2 aromatic heterocycles. The van der Waals surface area contributed by atoms with E-state index in [0.29, 0.717) is 22.7 Å². The lowest BCUT2D eigenvalue weighted by molar-refractivity contribution is 0.102. The number of rotatable bonds is 7. The molecule has 8 heteroatoms. The zero-order valence-corrected chi connectivity index (χ0v) is 19.5. The van der Waals surface area contributed by atoms with Crippen molar-refractivity contribution in [2.24, 2.45) is 0 Å². The van der Waals surface area contributed by atoms with E-state index in [-0.39, 0.29) is 5.91 Å². The Morgan fingerprint density at radius 3 is 2.31 bits per heavy atom. The average Bonchev–Trinajstić information content (AvgIpc) is 3.34. The highest BCUT2D eigenvalue weighted by Gasteiger charge is 2.16. The van der Waals surface area contributed by atoms with Gasteiger partial charge in [-0.15, -0.1) is 10.2 Å². The third kappa shape index (κ3) is 5.07. The highest BCUT2D eigenvalue weighted by Crippen LogP contribution is 2.29. The molecule has 0 saturated carbocycles. The quantitative estimate of drug-likeness (QED) is 0.238. The van der Waals surface area contributed by atoms with Crippen LogP contribution in [0.1, 0.15) is 15.9 Å². The predicted molar refractivity (Wildman–Crippen MR) is 139 cm³/mol. The molecule has 2 heterocycles. The summed E-state index contributed by atoms with van der Waals surface area (Å²) in [7, 11) is 0. The van der Waals surface area contributed by atoms with Crippen LogP contribution in [0.4, 0.5) is 11.4 Å². The summed E-state index contributed by atoms with van der Waals surface area (Å²) in [5.74, 6) is 1.23. The number of carbonyl (C=O) groups is 1. The Morgan fingerprint density at radius 2 is 1.57 bits per heavy atom. The van der Waals surface area contributed by atoms with Crippen LogP contribution in [0.2, 0.25) is 0 Å². The van der Waals surface area contributed by atoms with Gasteiger partial charge < -0.3 is 11.1 Å². The number of carbonyl (C=O) groups excluding carboxylic acids is 1. The summed E-state index contributed by atoms with van der Waals surface area (Å²) in [5.41, 5.74) is 10.6. The number of nitrogens with zero attached hydrogens (tertiary/aromatic N) is 4. The molecule has 0 fully saturated rings. The molecule has 5 rings (SSSR count). The summed E-state index contributed by atoms with van der Waals surface area (Å²) >= 11 is 1.59. The van der Waals surface area contributed by atoms with E-state index in [1.165, 1.54) is 0 Å². The van der Waals surface area contributed by atoms with E-state index in [9.17, 15) is 4.79 Å². The van der Waals surface area contributed by atoms with Gasteiger partial charge in [0.05, 0.1) is 11.4 Å². The molecule has 0 aliphatic carbocycles. The van der Waals surface area contributed by atoms with E-state index in [0.717, 1.165) is 27.8 Å². The van der Waals surface area contributed by atoms with Gasteiger partial charge >= 0.3 is 0 Å². The molecule has 7 nitrogen and oxygen atoms in total. The number of para-hydroxylation sites is 3. The minimum atomic E-state index is -0.201. The Kier molecular flexibility index (Phi) is 6.54. The summed E-state index contributed by atoms with van der Waals surface area (Å²) in [6.45, 7) is 0. The van der Waals surface area contributed by atoms with Crippen molar-refractivity contribution in [3.05, 3.63) is 115 Å². The molecule has 0 saturated heterocycles. The normalized spacial score (nSPS) is 10.7. The van der Waals surface area contributed by atoms with Crippen molar-refractivity contribution in [1.82, 2.24) is 19.7 Å². The first kappa shape index (κ1) is 22.4. The molecule has 1 amide bonds. The molecule has 172 valence electrons. The number of nitrogens with one attached hydrogen (secondary N) is 1. The number of hydrogen-bond donors (Lipinski definition) is 2. The van der Waals surface area contributed by atoms with Crippen LogP contribution in [-0.2, 0) is 5.75 Å². The molecule has 0 atom stereocenters. The summed E-state index contributed by atoms with van der Waals surface area (Å²) in [4.78, 5) is 16.7. The van der Waals surface area contributed by atoms with Crippen molar-refractivity contribution < 1.29 is 4.79 Å². The van der Waals surface area contributed by atoms with Gasteiger partial charge in [0.1, 0.15) is 0 Å². The van der Waals surface area contributed by atoms with Crippen LogP contribution < -0.4 is 11.1 Å². The first-order valence-electron chi connectivity index (χ1n) is 11.0. The molecule has 0 radical (unpaired) electrons. The van der Waals surface area contributed by atoms with Gasteiger partial charge in [0.25, 0.3) is 5.91 Å². The third-order valence-corrected chi connectivity index (χ3v) is 6.38. The minimum Gasteiger partial charge on any atom is -0.397 e. The van der Waals surface area contributed by atoms with Crippen molar-refractivity contribution in [3.8, 4) is 17.1 Å². The van der Waals surface area contributed by atoms with E-state index in [1.54, 1.807) is 36.3 Å². The Bertz CT molecular complexity index is 1440. The molecule has 0 unspecified atom stereocenters. The molecule has 0 spiro atoms. The highest BCUT2D eigenvalue weighted by atomic mass is 32.2. The second-order valence-corrected chi connectivity index (χ2v) is 8.68. The molecule has 0 aliphatic heterocycles. The van der Waals surface area contributed by atoms with Crippen molar-refractivity contribution in [3.63, 3.8) is 0 Å². The predicted octanol–water partition coefficient (Wildman–Crippen LogP) is 5.46. The zero-order valence-electron chi connectivity index (χ0n) is 18.7. The SMILES string of the molecule is Nc1ccccc1NC(=O)c1ccc(CSc2nnc(-c3ccncc3)n2-c2ccccc2)cc1. The van der Waals surface area contributed by atoms with Crippen molar-refractivity contribution in [2.75, 3.05) is 11.1 Å². The van der Waals surface area contributed by atoms with Crippen molar-refractivity contribution >= 4 is 29.0 Å². The van der Waals surface area contributed by atoms with Crippen LogP contribution >= 0.6 is 11.8 Å². The minimum absolute atomic E-state index is 0.201. The fraction of sp³-hybridized carbons (Fsp3) is 0.0370. The van der Waals surface area contributed by atoms with E-state index in [2.05, 4.69) is 20.5 Å². The van der Waals surface area contributed by atoms with Crippen LogP contribution in [0.5, 0.6) is 0 Å². The number of benzene rings is 3. The lowest BCUT2D eigenvalue weighted by atomic mass is 10.1. The van der Waals surface area contributed by atoms with Crippen molar-refractivity contribution in [1.29, 1.82) is 0 Å². The average molecular weight is 479 g/mol. The lowest BCUT2D eigenvalue weighted by Gasteiger charge is -2.10. The molecule has 0 bridgehead atoms. The third-order valence-electron chi connectivity index (χ3n) is 5.38. The van der Waals surface area contributed by atoms with Gasteiger partial charge in [-0.25, -0.2) is 0 Å². The van der Waals surface area contributed by atoms with E-state index in [4.69, 9.17) is 5.73 Å². The van der Waals surface area contributed by atoms with Gasteiger partial charge in [0, 0.05) is 35.0 Å². The summed E-state index contributed by atoms with van der Waals surface area (Å²) in [6.07, 6.45) is 3.49. The Hall–Kier alpha value is -4.43. The van der Waals surface area contributed by atoms with Crippen LogP contribution in [0.3, 0.4) is 0 Å². The van der Waals surface area contributed by atoms with Crippen molar-refractivity contribution in [2.45, 2.75) is 10.9 Å². The van der Waals surface area contributed by atoms with Crippen LogP contribution in [0, 0.1) is 0 Å². The number of amides is 1. The van der Waals surface area contributed by atoms with E-state index >= 15 is 0 Å². The van der Waals surface area contributed by atoms with E-state index in [1.807, 2.05) is 83.4 Å². The maximum Gasteiger partial charge on any atom is 0.255 e. The van der Waals surface area contributed by atoms with Gasteiger partial charge in [-0.3, -0.25) is 14.3 Å². The molecule has 35 heavy (non-hydrogen) atoms. The fourth-order valence-electron chi connectivity index (χ4n) is 3.57. The second-order valence-electron chi connectivity index (χ2n) is 7.74. The number of pyridine rings is 1. The summed E-state index contributed by atoms with van der Waals surface area (Å²) in [5, 5.41) is 12.6. The lowest BCUT2D eigenvalue weighted by Crippen LogP contribution is -2.13. The van der Waals surface area contributed by atoms with Crippen LogP contribution in [-0.4, -0.2) is 25.7 Å². The maximum atomic E-state index is 12.6. The first-order valence-corrected chi connectivity index (χ1v) is 12.0. The smallest absolute Gasteiger partial charge is 0.255 e. The monoisotopic (exact) mass is 478 g/mol. The van der Waals surface area contributed by atoms with E-state index < -0.39 is 0 Å². The molecular weight excluding hydrogens is 456 g/mol. The van der Waals surface area contributed by atoms with Gasteiger partial charge in [-0.2, -0.15) is 0 Å². The molecule has 3 N–H and O–H groups in total. The topological polar surface area (TPSA) is 98.7 Å². The summed E-state index contributed by atoms with van der Waals surface area (Å²) < 4.78 is 2.05. The number of aromatic nitrogens is 4. The molecular formula is C27H22N6OS. The Morgan fingerprint density at radius 1 is 0.857 bits per heavy atom. The second kappa shape index (κ2) is 10.2. The van der Waals surface area contributed by atoms with Gasteiger partial charge in [0.15, 0.2) is 11.0 Å². The Balaban J connectivity index is 1.33.